The van der Waals surface area contributed by atoms with Crippen molar-refractivity contribution in [1.82, 2.24) is 10.1 Å². The highest BCUT2D eigenvalue weighted by Crippen LogP contribution is 2.26. The summed E-state index contributed by atoms with van der Waals surface area (Å²) in [5.74, 6) is 1.63. The second kappa shape index (κ2) is 7.61. The van der Waals surface area contributed by atoms with Gasteiger partial charge in [-0.25, -0.2) is 0 Å². The highest BCUT2D eigenvalue weighted by molar-refractivity contribution is 5.94. The third-order valence-corrected chi connectivity index (χ3v) is 4.64. The number of benzene rings is 2. The van der Waals surface area contributed by atoms with Gasteiger partial charge in [0.1, 0.15) is 5.75 Å². The quantitative estimate of drug-likeness (QED) is 0.680. The van der Waals surface area contributed by atoms with E-state index in [4.69, 9.17) is 9.26 Å². The Bertz CT molecular complexity index is 930. The molecule has 0 bridgehead atoms. The fraction of sp³-hybridized carbons (Fsp3) is 0.286. The van der Waals surface area contributed by atoms with E-state index in [1.807, 2.05) is 69.3 Å². The van der Waals surface area contributed by atoms with Crippen molar-refractivity contribution in [3.05, 3.63) is 48.5 Å². The summed E-state index contributed by atoms with van der Waals surface area (Å²) in [7, 11) is 1.61. The zero-order valence-corrected chi connectivity index (χ0v) is 15.9. The molecule has 27 heavy (non-hydrogen) atoms. The smallest absolute Gasteiger partial charge is 0.258 e. The molecule has 1 heterocycles. The number of hydrogen-bond acceptors (Lipinski definition) is 5. The molecule has 1 aromatic heterocycles. The van der Waals surface area contributed by atoms with Crippen molar-refractivity contribution >= 4 is 11.6 Å². The first-order valence-corrected chi connectivity index (χ1v) is 8.83. The first-order valence-electron chi connectivity index (χ1n) is 8.83. The lowest BCUT2D eigenvalue weighted by Crippen LogP contribution is -2.29. The molecule has 0 aliphatic heterocycles. The third-order valence-electron chi connectivity index (χ3n) is 4.64. The van der Waals surface area contributed by atoms with Crippen LogP contribution in [0.5, 0.6) is 5.75 Å². The third kappa shape index (κ3) is 4.16. The number of methoxy groups -OCH3 is 1. The number of hydrogen-bond donors (Lipinski definition) is 1. The Morgan fingerprint density at radius 2 is 1.89 bits per heavy atom. The number of aromatic nitrogens is 2. The number of carbonyl (C=O) groups is 1. The first-order chi connectivity index (χ1) is 12.9. The zero-order valence-electron chi connectivity index (χ0n) is 15.9. The van der Waals surface area contributed by atoms with Crippen molar-refractivity contribution in [2.24, 2.45) is 5.41 Å². The standard InChI is InChI=1S/C21H23N3O3/c1-5-21(2,3)20(25)22-16-11-9-14(10-12-16)18-23-19(27-24-18)15-7-6-8-17(13-15)26-4/h6-13H,5H2,1-4H3,(H,22,25). The molecule has 0 saturated carbocycles. The fourth-order valence-electron chi connectivity index (χ4n) is 2.38. The van der Waals surface area contributed by atoms with Gasteiger partial charge < -0.3 is 14.6 Å². The Labute approximate surface area is 158 Å². The Hall–Kier alpha value is -3.15. The lowest BCUT2D eigenvalue weighted by Gasteiger charge is -2.21. The molecule has 0 saturated heterocycles. The van der Waals surface area contributed by atoms with E-state index in [9.17, 15) is 4.79 Å². The monoisotopic (exact) mass is 365 g/mol. The van der Waals surface area contributed by atoms with Crippen LogP contribution in [0.25, 0.3) is 22.8 Å². The minimum atomic E-state index is -0.405. The fourth-order valence-corrected chi connectivity index (χ4v) is 2.38. The minimum Gasteiger partial charge on any atom is -0.497 e. The summed E-state index contributed by atoms with van der Waals surface area (Å²) in [5.41, 5.74) is 1.93. The largest absolute Gasteiger partial charge is 0.497 e. The molecule has 0 unspecified atom stereocenters. The molecule has 6 heteroatoms. The minimum absolute atomic E-state index is 0.00220. The van der Waals surface area contributed by atoms with E-state index in [0.717, 1.165) is 29.0 Å². The van der Waals surface area contributed by atoms with Crippen LogP contribution in [0.4, 0.5) is 5.69 Å². The topological polar surface area (TPSA) is 77.2 Å². The number of anilines is 1. The van der Waals surface area contributed by atoms with E-state index < -0.39 is 5.41 Å². The van der Waals surface area contributed by atoms with Crippen LogP contribution in [-0.2, 0) is 4.79 Å². The lowest BCUT2D eigenvalue weighted by molar-refractivity contribution is -0.124. The van der Waals surface area contributed by atoms with E-state index in [1.54, 1.807) is 7.11 Å². The first kappa shape index (κ1) is 18.6. The normalized spacial score (nSPS) is 11.3. The molecule has 0 atom stereocenters. The van der Waals surface area contributed by atoms with Crippen LogP contribution in [-0.4, -0.2) is 23.2 Å². The van der Waals surface area contributed by atoms with Crippen molar-refractivity contribution in [1.29, 1.82) is 0 Å². The number of ether oxygens (including phenoxy) is 1. The van der Waals surface area contributed by atoms with Gasteiger partial charge in [0.15, 0.2) is 0 Å². The number of amides is 1. The van der Waals surface area contributed by atoms with E-state index in [-0.39, 0.29) is 5.91 Å². The molecular weight excluding hydrogens is 342 g/mol. The lowest BCUT2D eigenvalue weighted by atomic mass is 9.89. The van der Waals surface area contributed by atoms with Crippen molar-refractivity contribution in [3.63, 3.8) is 0 Å². The molecule has 0 fully saturated rings. The SMILES string of the molecule is CCC(C)(C)C(=O)Nc1ccc(-c2noc(-c3cccc(OC)c3)n2)cc1. The number of nitrogens with one attached hydrogen (secondary N) is 1. The van der Waals surface area contributed by atoms with E-state index >= 15 is 0 Å². The summed E-state index contributed by atoms with van der Waals surface area (Å²) >= 11 is 0. The van der Waals surface area contributed by atoms with Gasteiger partial charge in [-0.05, 0) is 48.9 Å². The van der Waals surface area contributed by atoms with Crippen molar-refractivity contribution in [2.75, 3.05) is 12.4 Å². The van der Waals surface area contributed by atoms with Gasteiger partial charge in [-0.1, -0.05) is 32.0 Å². The van der Waals surface area contributed by atoms with E-state index in [1.165, 1.54) is 0 Å². The van der Waals surface area contributed by atoms with Gasteiger partial charge in [-0.3, -0.25) is 4.79 Å². The number of nitrogens with zero attached hydrogens (tertiary/aromatic N) is 2. The summed E-state index contributed by atoms with van der Waals surface area (Å²) < 4.78 is 10.6. The van der Waals surface area contributed by atoms with Crippen LogP contribution >= 0.6 is 0 Å². The molecule has 1 amide bonds. The molecule has 2 aromatic carbocycles. The molecule has 1 N–H and O–H groups in total. The highest BCUT2D eigenvalue weighted by atomic mass is 16.5. The molecule has 0 aliphatic carbocycles. The van der Waals surface area contributed by atoms with Gasteiger partial charge in [0.25, 0.3) is 5.89 Å². The summed E-state index contributed by atoms with van der Waals surface area (Å²) in [4.78, 5) is 16.7. The summed E-state index contributed by atoms with van der Waals surface area (Å²) in [6.45, 7) is 5.85. The van der Waals surface area contributed by atoms with Crippen LogP contribution in [0.15, 0.2) is 53.1 Å². The zero-order chi connectivity index (χ0) is 19.4. The maximum absolute atomic E-state index is 12.3. The Balaban J connectivity index is 1.76. The van der Waals surface area contributed by atoms with Crippen molar-refractivity contribution in [2.45, 2.75) is 27.2 Å². The summed E-state index contributed by atoms with van der Waals surface area (Å²) in [6, 6.07) is 14.8. The maximum atomic E-state index is 12.3. The second-order valence-electron chi connectivity index (χ2n) is 6.92. The average molecular weight is 365 g/mol. The molecule has 6 nitrogen and oxygen atoms in total. The van der Waals surface area contributed by atoms with E-state index in [0.29, 0.717) is 11.7 Å². The van der Waals surface area contributed by atoms with Crippen LogP contribution in [0, 0.1) is 5.41 Å². The summed E-state index contributed by atoms with van der Waals surface area (Å²) in [6.07, 6.45) is 0.771. The van der Waals surface area contributed by atoms with Gasteiger partial charge in [-0.2, -0.15) is 4.98 Å². The van der Waals surface area contributed by atoms with Crippen LogP contribution in [0.3, 0.4) is 0 Å². The van der Waals surface area contributed by atoms with Gasteiger partial charge in [-0.15, -0.1) is 0 Å². The van der Waals surface area contributed by atoms with Crippen molar-refractivity contribution in [3.8, 4) is 28.6 Å². The van der Waals surface area contributed by atoms with Crippen LogP contribution < -0.4 is 10.1 Å². The number of rotatable bonds is 6. The van der Waals surface area contributed by atoms with Gasteiger partial charge in [0.05, 0.1) is 7.11 Å². The predicted octanol–water partition coefficient (Wildman–Crippen LogP) is 4.79. The Kier molecular flexibility index (Phi) is 5.26. The Morgan fingerprint density at radius 1 is 1.15 bits per heavy atom. The molecule has 3 rings (SSSR count). The van der Waals surface area contributed by atoms with Gasteiger partial charge in [0.2, 0.25) is 11.7 Å². The molecule has 0 spiro atoms. The predicted molar refractivity (Wildman–Crippen MR) is 104 cm³/mol. The molecular formula is C21H23N3O3. The summed E-state index contributed by atoms with van der Waals surface area (Å²) in [5, 5.41) is 6.99. The highest BCUT2D eigenvalue weighted by Gasteiger charge is 2.25. The van der Waals surface area contributed by atoms with Gasteiger partial charge >= 0.3 is 0 Å². The average Bonchev–Trinajstić information content (AvgIpc) is 3.19. The van der Waals surface area contributed by atoms with Gasteiger partial charge in [0, 0.05) is 22.2 Å². The van der Waals surface area contributed by atoms with Crippen molar-refractivity contribution < 1.29 is 14.1 Å². The molecule has 0 radical (unpaired) electrons. The second-order valence-corrected chi connectivity index (χ2v) is 6.92. The molecule has 0 aliphatic rings. The van der Waals surface area contributed by atoms with E-state index in [2.05, 4.69) is 15.5 Å². The molecule has 3 aromatic rings. The molecule has 140 valence electrons. The van der Waals surface area contributed by atoms with Crippen LogP contribution in [0.1, 0.15) is 27.2 Å². The number of carbonyl (C=O) groups excluding carboxylic acids is 1. The van der Waals surface area contributed by atoms with Crippen LogP contribution in [0.2, 0.25) is 0 Å². The Morgan fingerprint density at radius 3 is 2.56 bits per heavy atom. The maximum Gasteiger partial charge on any atom is 0.258 e.